The van der Waals surface area contributed by atoms with Gasteiger partial charge < -0.3 is 0 Å². The van der Waals surface area contributed by atoms with Gasteiger partial charge in [-0.2, -0.15) is 13.2 Å². The summed E-state index contributed by atoms with van der Waals surface area (Å²) in [5.74, 6) is 4.39. The highest BCUT2D eigenvalue weighted by Crippen LogP contribution is 2.41. The van der Waals surface area contributed by atoms with Crippen molar-refractivity contribution in [1.82, 2.24) is 5.43 Å². The van der Waals surface area contributed by atoms with Crippen molar-refractivity contribution in [2.24, 2.45) is 17.7 Å². The molecule has 20 heavy (non-hydrogen) atoms. The summed E-state index contributed by atoms with van der Waals surface area (Å²) in [5.41, 5.74) is 2.73. The fourth-order valence-corrected chi connectivity index (χ4v) is 4.47. The van der Waals surface area contributed by atoms with Gasteiger partial charge in [0.2, 0.25) is 0 Å². The lowest BCUT2D eigenvalue weighted by atomic mass is 9.76. The molecule has 1 aromatic heterocycles. The predicted octanol–water partition coefficient (Wildman–Crippen LogP) is 4.25. The number of nitrogens with one attached hydrogen (secondary N) is 1. The molecule has 3 atom stereocenters. The van der Waals surface area contributed by atoms with E-state index in [9.17, 15) is 13.2 Å². The maximum absolute atomic E-state index is 12.9. The zero-order valence-corrected chi connectivity index (χ0v) is 13.3. The summed E-state index contributed by atoms with van der Waals surface area (Å²) >= 11 is 4.99. The number of thiophene rings is 1. The van der Waals surface area contributed by atoms with Crippen LogP contribution in [0.15, 0.2) is 15.9 Å². The number of hydrazine groups is 1. The highest BCUT2D eigenvalue weighted by molar-refractivity contribution is 9.11. The minimum Gasteiger partial charge on any atom is -0.271 e. The van der Waals surface area contributed by atoms with E-state index in [4.69, 9.17) is 5.84 Å². The van der Waals surface area contributed by atoms with E-state index in [0.29, 0.717) is 12.8 Å². The van der Waals surface area contributed by atoms with E-state index in [1.54, 1.807) is 11.3 Å². The first-order valence-electron chi connectivity index (χ1n) is 6.67. The van der Waals surface area contributed by atoms with Crippen LogP contribution < -0.4 is 11.3 Å². The highest BCUT2D eigenvalue weighted by atomic mass is 79.9. The van der Waals surface area contributed by atoms with Gasteiger partial charge >= 0.3 is 6.18 Å². The van der Waals surface area contributed by atoms with E-state index in [1.165, 1.54) is 0 Å². The zero-order chi connectivity index (χ0) is 14.8. The summed E-state index contributed by atoms with van der Waals surface area (Å²) in [7, 11) is 0. The van der Waals surface area contributed by atoms with E-state index >= 15 is 0 Å². The van der Waals surface area contributed by atoms with Crippen LogP contribution in [-0.2, 0) is 6.42 Å². The van der Waals surface area contributed by atoms with Gasteiger partial charge in [0.05, 0.1) is 9.70 Å². The second-order valence-corrected chi connectivity index (χ2v) is 7.90. The Kier molecular flexibility index (Phi) is 5.50. The molecule has 0 aromatic carbocycles. The van der Waals surface area contributed by atoms with Gasteiger partial charge in [-0.3, -0.25) is 11.3 Å². The number of nitrogens with two attached hydrogens (primary N) is 1. The lowest BCUT2D eigenvalue weighted by Gasteiger charge is -2.35. The Balaban J connectivity index is 2.00. The van der Waals surface area contributed by atoms with Crippen molar-refractivity contribution in [2.75, 3.05) is 0 Å². The Morgan fingerprint density at radius 3 is 2.70 bits per heavy atom. The Hall–Kier alpha value is -0.110. The summed E-state index contributed by atoms with van der Waals surface area (Å²) in [4.78, 5) is 1.13. The third-order valence-electron chi connectivity index (χ3n) is 4.01. The fourth-order valence-electron chi connectivity index (χ4n) is 2.93. The van der Waals surface area contributed by atoms with Crippen LogP contribution in [0.2, 0.25) is 0 Å². The zero-order valence-electron chi connectivity index (χ0n) is 10.9. The monoisotopic (exact) mass is 370 g/mol. The maximum Gasteiger partial charge on any atom is 0.391 e. The highest BCUT2D eigenvalue weighted by Gasteiger charge is 2.43. The van der Waals surface area contributed by atoms with Gasteiger partial charge in [-0.1, -0.05) is 6.42 Å². The average molecular weight is 371 g/mol. The minimum absolute atomic E-state index is 0.0127. The number of hydrogen-bond acceptors (Lipinski definition) is 3. The second-order valence-electron chi connectivity index (χ2n) is 5.35. The quantitative estimate of drug-likeness (QED) is 0.613. The van der Waals surface area contributed by atoms with Crippen LogP contribution >= 0.6 is 27.3 Å². The molecular weight excluding hydrogens is 353 g/mol. The van der Waals surface area contributed by atoms with E-state index in [-0.39, 0.29) is 24.8 Å². The van der Waals surface area contributed by atoms with Crippen molar-refractivity contribution >= 4 is 27.3 Å². The Morgan fingerprint density at radius 2 is 2.15 bits per heavy atom. The largest absolute Gasteiger partial charge is 0.391 e. The maximum atomic E-state index is 12.9. The Bertz CT molecular complexity index is 435. The van der Waals surface area contributed by atoms with Gasteiger partial charge in [-0.05, 0) is 59.7 Å². The number of rotatable bonds is 4. The standard InChI is InChI=1S/C13H18BrF3N2S/c14-12-5-4-10(20-12)7-11(19-18)8-2-1-3-9(6-8)13(15,16)17/h4-5,8-9,11,19H,1-3,6-7,18H2. The van der Waals surface area contributed by atoms with E-state index in [2.05, 4.69) is 21.4 Å². The first-order chi connectivity index (χ1) is 9.40. The van der Waals surface area contributed by atoms with Gasteiger partial charge in [0.1, 0.15) is 0 Å². The molecule has 2 nitrogen and oxygen atoms in total. The molecule has 0 bridgehead atoms. The molecule has 1 saturated carbocycles. The lowest BCUT2D eigenvalue weighted by Crippen LogP contribution is -2.45. The van der Waals surface area contributed by atoms with E-state index < -0.39 is 12.1 Å². The molecule has 1 aliphatic carbocycles. The third-order valence-corrected chi connectivity index (χ3v) is 5.66. The van der Waals surface area contributed by atoms with Crippen LogP contribution in [0.25, 0.3) is 0 Å². The van der Waals surface area contributed by atoms with Crippen LogP contribution in [0, 0.1) is 11.8 Å². The van der Waals surface area contributed by atoms with Gasteiger partial charge in [0, 0.05) is 10.9 Å². The second kappa shape index (κ2) is 6.77. The van der Waals surface area contributed by atoms with Crippen molar-refractivity contribution in [3.63, 3.8) is 0 Å². The molecule has 0 spiro atoms. The molecule has 3 N–H and O–H groups in total. The van der Waals surface area contributed by atoms with Crippen LogP contribution in [0.4, 0.5) is 13.2 Å². The molecule has 0 amide bonds. The molecule has 0 saturated heterocycles. The van der Waals surface area contributed by atoms with Crippen molar-refractivity contribution < 1.29 is 13.2 Å². The van der Waals surface area contributed by atoms with Gasteiger partial charge in [0.15, 0.2) is 0 Å². The first-order valence-corrected chi connectivity index (χ1v) is 8.28. The lowest BCUT2D eigenvalue weighted by molar-refractivity contribution is -0.186. The van der Waals surface area contributed by atoms with Crippen molar-refractivity contribution in [2.45, 2.75) is 44.3 Å². The molecular formula is C13H18BrF3N2S. The topological polar surface area (TPSA) is 38.0 Å². The van der Waals surface area contributed by atoms with Gasteiger partial charge in [-0.15, -0.1) is 11.3 Å². The van der Waals surface area contributed by atoms with E-state index in [1.807, 2.05) is 12.1 Å². The van der Waals surface area contributed by atoms with Gasteiger partial charge in [0.25, 0.3) is 0 Å². The summed E-state index contributed by atoms with van der Waals surface area (Å²) in [5, 5.41) is 0. The fraction of sp³-hybridized carbons (Fsp3) is 0.692. The predicted molar refractivity (Wildman–Crippen MR) is 78.3 cm³/mol. The molecule has 114 valence electrons. The molecule has 1 heterocycles. The van der Waals surface area contributed by atoms with Gasteiger partial charge in [-0.25, -0.2) is 0 Å². The summed E-state index contributed by atoms with van der Waals surface area (Å²) < 4.78 is 39.6. The molecule has 1 aliphatic rings. The number of alkyl halides is 3. The van der Waals surface area contributed by atoms with Crippen molar-refractivity contribution in [3.05, 3.63) is 20.8 Å². The van der Waals surface area contributed by atoms with E-state index in [0.717, 1.165) is 15.1 Å². The molecule has 7 heteroatoms. The summed E-state index contributed by atoms with van der Waals surface area (Å²) in [6, 6.07) is 3.85. The number of halogens is 4. The van der Waals surface area contributed by atoms with Crippen molar-refractivity contribution in [3.8, 4) is 0 Å². The molecule has 1 aromatic rings. The molecule has 3 unspecified atom stereocenters. The molecule has 0 aliphatic heterocycles. The summed E-state index contributed by atoms with van der Waals surface area (Å²) in [6.45, 7) is 0. The Labute approximate surface area is 129 Å². The van der Waals surface area contributed by atoms with Crippen LogP contribution in [0.1, 0.15) is 30.6 Å². The van der Waals surface area contributed by atoms with Crippen LogP contribution in [0.5, 0.6) is 0 Å². The average Bonchev–Trinajstić information content (AvgIpc) is 2.81. The summed E-state index contributed by atoms with van der Waals surface area (Å²) in [6.07, 6.45) is -1.52. The van der Waals surface area contributed by atoms with Crippen molar-refractivity contribution in [1.29, 1.82) is 0 Å². The minimum atomic E-state index is -4.08. The third kappa shape index (κ3) is 4.19. The Morgan fingerprint density at radius 1 is 1.40 bits per heavy atom. The SMILES string of the molecule is NNC(Cc1ccc(Br)s1)C1CCCC(C(F)(F)F)C1. The first kappa shape index (κ1) is 16.3. The van der Waals surface area contributed by atoms with Crippen LogP contribution in [-0.4, -0.2) is 12.2 Å². The molecule has 2 rings (SSSR count). The normalized spacial score (nSPS) is 25.6. The molecule has 0 radical (unpaired) electrons. The smallest absolute Gasteiger partial charge is 0.271 e. The van der Waals surface area contributed by atoms with Crippen LogP contribution in [0.3, 0.4) is 0 Å². The number of hydrogen-bond donors (Lipinski definition) is 2. The molecule has 1 fully saturated rings.